The van der Waals surface area contributed by atoms with Gasteiger partial charge in [0.1, 0.15) is 16.8 Å². The van der Waals surface area contributed by atoms with Crippen LogP contribution in [-0.2, 0) is 0 Å². The summed E-state index contributed by atoms with van der Waals surface area (Å²) in [6.45, 7) is 0. The summed E-state index contributed by atoms with van der Waals surface area (Å²) >= 11 is 0. The summed E-state index contributed by atoms with van der Waals surface area (Å²) in [6.07, 6.45) is 0. The van der Waals surface area contributed by atoms with Crippen LogP contribution in [-0.4, -0.2) is 20.5 Å². The van der Waals surface area contributed by atoms with Gasteiger partial charge in [0, 0.05) is 16.5 Å². The van der Waals surface area contributed by atoms with Gasteiger partial charge in [0.2, 0.25) is 0 Å². The quantitative estimate of drug-likeness (QED) is 0.551. The van der Waals surface area contributed by atoms with Crippen LogP contribution in [0.15, 0.2) is 54.6 Å². The van der Waals surface area contributed by atoms with Gasteiger partial charge in [0.05, 0.1) is 0 Å². The molecule has 0 unspecified atom stereocenters. The molecule has 1 heterocycles. The highest BCUT2D eigenvalue weighted by Crippen LogP contribution is 2.37. The van der Waals surface area contributed by atoms with Crippen molar-refractivity contribution in [2.24, 2.45) is 0 Å². The minimum Gasteiger partial charge on any atom is -0.507 e. The monoisotopic (exact) mass is 261 g/mol. The Morgan fingerprint density at radius 2 is 1.70 bits per heavy atom. The molecular weight excluding hydrogens is 250 g/mol. The Kier molecular flexibility index (Phi) is 2.23. The molecule has 0 saturated heterocycles. The Bertz CT molecular complexity index is 927. The summed E-state index contributed by atoms with van der Waals surface area (Å²) in [5.74, 6) is 0.276. The SMILES string of the molecule is Oc1c(-c2cccc3n[nH]nc23)ccc2ccccc12. The fourth-order valence-electron chi connectivity index (χ4n) is 2.56. The van der Waals surface area contributed by atoms with Crippen LogP contribution in [0.3, 0.4) is 0 Å². The fraction of sp³-hybridized carbons (Fsp3) is 0. The van der Waals surface area contributed by atoms with Crippen molar-refractivity contribution in [3.8, 4) is 16.9 Å². The highest BCUT2D eigenvalue weighted by atomic mass is 16.3. The summed E-state index contributed by atoms with van der Waals surface area (Å²) in [5.41, 5.74) is 3.19. The summed E-state index contributed by atoms with van der Waals surface area (Å²) in [7, 11) is 0. The number of para-hydroxylation sites is 1. The van der Waals surface area contributed by atoms with Gasteiger partial charge < -0.3 is 5.11 Å². The third-order valence-electron chi connectivity index (χ3n) is 3.54. The first-order valence-electron chi connectivity index (χ1n) is 6.35. The molecule has 3 aromatic carbocycles. The predicted molar refractivity (Wildman–Crippen MR) is 78.5 cm³/mol. The van der Waals surface area contributed by atoms with Gasteiger partial charge in [0.15, 0.2) is 0 Å². The second-order valence-electron chi connectivity index (χ2n) is 4.68. The van der Waals surface area contributed by atoms with Crippen molar-refractivity contribution in [1.29, 1.82) is 0 Å². The van der Waals surface area contributed by atoms with Crippen LogP contribution in [0.5, 0.6) is 5.75 Å². The lowest BCUT2D eigenvalue weighted by Gasteiger charge is -2.08. The smallest absolute Gasteiger partial charge is 0.131 e. The van der Waals surface area contributed by atoms with E-state index < -0.39 is 0 Å². The maximum atomic E-state index is 10.5. The van der Waals surface area contributed by atoms with Crippen LogP contribution < -0.4 is 0 Å². The van der Waals surface area contributed by atoms with E-state index in [2.05, 4.69) is 15.4 Å². The predicted octanol–water partition coefficient (Wildman–Crippen LogP) is 3.48. The standard InChI is InChI=1S/C16H11N3O/c20-16-11-5-2-1-4-10(11)8-9-13(16)12-6-3-7-14-15(12)18-19-17-14/h1-9,20H,(H,17,18,19). The Morgan fingerprint density at radius 3 is 2.65 bits per heavy atom. The van der Waals surface area contributed by atoms with E-state index in [0.717, 1.165) is 32.9 Å². The number of phenolic OH excluding ortho intramolecular Hbond substituents is 1. The first kappa shape index (κ1) is 11.0. The Morgan fingerprint density at radius 1 is 0.800 bits per heavy atom. The van der Waals surface area contributed by atoms with Gasteiger partial charge in [-0.3, -0.25) is 0 Å². The van der Waals surface area contributed by atoms with Gasteiger partial charge in [-0.2, -0.15) is 15.4 Å². The summed E-state index contributed by atoms with van der Waals surface area (Å²) in [5, 5.41) is 23.3. The summed E-state index contributed by atoms with van der Waals surface area (Å²) in [6, 6.07) is 17.4. The molecule has 2 N–H and O–H groups in total. The Hall–Kier alpha value is -2.88. The van der Waals surface area contributed by atoms with E-state index >= 15 is 0 Å². The van der Waals surface area contributed by atoms with Crippen LogP contribution in [0.4, 0.5) is 0 Å². The normalized spacial score (nSPS) is 11.2. The molecule has 4 heteroatoms. The van der Waals surface area contributed by atoms with E-state index in [0.29, 0.717) is 0 Å². The molecule has 0 radical (unpaired) electrons. The maximum Gasteiger partial charge on any atom is 0.131 e. The van der Waals surface area contributed by atoms with Gasteiger partial charge in [-0.15, -0.1) is 0 Å². The zero-order valence-corrected chi connectivity index (χ0v) is 10.5. The number of aromatic hydroxyl groups is 1. The number of nitrogens with zero attached hydrogens (tertiary/aromatic N) is 2. The number of hydrogen-bond acceptors (Lipinski definition) is 3. The summed E-state index contributed by atoms with van der Waals surface area (Å²) in [4.78, 5) is 0. The highest BCUT2D eigenvalue weighted by molar-refractivity contribution is 6.00. The molecule has 0 aliphatic heterocycles. The Balaban J connectivity index is 2.07. The molecule has 4 aromatic rings. The van der Waals surface area contributed by atoms with Crippen LogP contribution in [0, 0.1) is 0 Å². The minimum atomic E-state index is 0.276. The van der Waals surface area contributed by atoms with Crippen molar-refractivity contribution >= 4 is 21.8 Å². The lowest BCUT2D eigenvalue weighted by Crippen LogP contribution is -1.84. The lowest BCUT2D eigenvalue weighted by atomic mass is 9.99. The molecule has 20 heavy (non-hydrogen) atoms. The van der Waals surface area contributed by atoms with Gasteiger partial charge >= 0.3 is 0 Å². The molecule has 4 rings (SSSR count). The molecule has 4 nitrogen and oxygen atoms in total. The number of benzene rings is 3. The second-order valence-corrected chi connectivity index (χ2v) is 4.68. The van der Waals surface area contributed by atoms with Crippen LogP contribution in [0.1, 0.15) is 0 Å². The van der Waals surface area contributed by atoms with Crippen molar-refractivity contribution in [1.82, 2.24) is 15.4 Å². The Labute approximate surface area is 114 Å². The number of fused-ring (bicyclic) bond motifs is 2. The number of aromatic nitrogens is 3. The number of aromatic amines is 1. The van der Waals surface area contributed by atoms with Gasteiger partial charge in [0.25, 0.3) is 0 Å². The van der Waals surface area contributed by atoms with Crippen molar-refractivity contribution in [3.05, 3.63) is 54.6 Å². The van der Waals surface area contributed by atoms with E-state index in [1.165, 1.54) is 0 Å². The zero-order chi connectivity index (χ0) is 13.5. The molecule has 1 aromatic heterocycles. The molecule has 0 spiro atoms. The number of phenols is 1. The summed E-state index contributed by atoms with van der Waals surface area (Å²) < 4.78 is 0. The van der Waals surface area contributed by atoms with Gasteiger partial charge in [-0.25, -0.2) is 0 Å². The van der Waals surface area contributed by atoms with Crippen LogP contribution in [0.25, 0.3) is 32.9 Å². The van der Waals surface area contributed by atoms with Crippen molar-refractivity contribution in [2.45, 2.75) is 0 Å². The number of hydrogen-bond donors (Lipinski definition) is 2. The van der Waals surface area contributed by atoms with E-state index in [4.69, 9.17) is 0 Å². The first-order chi connectivity index (χ1) is 9.84. The van der Waals surface area contributed by atoms with Crippen molar-refractivity contribution in [3.63, 3.8) is 0 Å². The highest BCUT2D eigenvalue weighted by Gasteiger charge is 2.12. The largest absolute Gasteiger partial charge is 0.507 e. The average Bonchev–Trinajstić information content (AvgIpc) is 2.97. The van der Waals surface area contributed by atoms with Crippen LogP contribution >= 0.6 is 0 Å². The molecule has 0 saturated carbocycles. The number of nitrogens with one attached hydrogen (secondary N) is 1. The third kappa shape index (κ3) is 1.48. The minimum absolute atomic E-state index is 0.276. The lowest BCUT2D eigenvalue weighted by molar-refractivity contribution is 0.483. The number of H-pyrrole nitrogens is 1. The maximum absolute atomic E-state index is 10.5. The van der Waals surface area contributed by atoms with E-state index in [-0.39, 0.29) is 5.75 Å². The molecule has 0 fully saturated rings. The third-order valence-corrected chi connectivity index (χ3v) is 3.54. The molecule has 0 bridgehead atoms. The second kappa shape index (κ2) is 4.06. The average molecular weight is 261 g/mol. The molecule has 96 valence electrons. The zero-order valence-electron chi connectivity index (χ0n) is 10.5. The van der Waals surface area contributed by atoms with Crippen LogP contribution in [0.2, 0.25) is 0 Å². The molecule has 0 amide bonds. The molecule has 0 aliphatic rings. The molecule has 0 atom stereocenters. The van der Waals surface area contributed by atoms with Crippen molar-refractivity contribution in [2.75, 3.05) is 0 Å². The fourth-order valence-corrected chi connectivity index (χ4v) is 2.56. The first-order valence-corrected chi connectivity index (χ1v) is 6.35. The van der Waals surface area contributed by atoms with Crippen molar-refractivity contribution < 1.29 is 5.11 Å². The topological polar surface area (TPSA) is 61.8 Å². The molecular formula is C16H11N3O. The molecule has 0 aliphatic carbocycles. The van der Waals surface area contributed by atoms with E-state index in [1.807, 2.05) is 54.6 Å². The van der Waals surface area contributed by atoms with E-state index in [9.17, 15) is 5.11 Å². The number of rotatable bonds is 1. The van der Waals surface area contributed by atoms with Gasteiger partial charge in [-0.05, 0) is 17.5 Å². The van der Waals surface area contributed by atoms with Gasteiger partial charge in [-0.1, -0.05) is 42.5 Å². The van der Waals surface area contributed by atoms with E-state index in [1.54, 1.807) is 0 Å².